The van der Waals surface area contributed by atoms with Crippen LogP contribution in [0.1, 0.15) is 133 Å². The molecule has 4 rings (SSSR count). The molecule has 0 bridgehead atoms. The Morgan fingerprint density at radius 1 is 1.00 bits per heavy atom. The van der Waals surface area contributed by atoms with Crippen molar-refractivity contribution in [3.05, 3.63) is 22.3 Å². The molecule has 0 N–H and O–H groups in total. The van der Waals surface area contributed by atoms with Crippen LogP contribution in [-0.4, -0.2) is 12.1 Å². The standard InChI is InChI=1S/C33H54O2/c1-10-25(21(2)3)12-11-22(4)26-15-19-33(9)29-14-13-27-23(5)30(35-24(6)34)17-18-31(27,7)28(29)16-20-32(26,33)8/h22-23,26-27,30H,10-20H2,1-9H3/t22-,23+,26-,27+,30+,31+,32-,33+/m1/s1. The topological polar surface area (TPSA) is 26.3 Å². The number of allylic oxidation sites excluding steroid dienone is 4. The first-order valence-electron chi connectivity index (χ1n) is 14.9. The van der Waals surface area contributed by atoms with Crippen LogP contribution in [0.4, 0.5) is 0 Å². The van der Waals surface area contributed by atoms with Crippen molar-refractivity contribution in [2.24, 2.45) is 39.9 Å². The van der Waals surface area contributed by atoms with Crippen molar-refractivity contribution < 1.29 is 9.53 Å². The molecule has 8 atom stereocenters. The molecule has 0 aromatic rings. The smallest absolute Gasteiger partial charge is 0.302 e. The van der Waals surface area contributed by atoms with Crippen LogP contribution in [0.15, 0.2) is 22.3 Å². The van der Waals surface area contributed by atoms with Crippen molar-refractivity contribution in [3.8, 4) is 0 Å². The number of rotatable bonds is 6. The van der Waals surface area contributed by atoms with Gasteiger partial charge in [-0.05, 0) is 124 Å². The number of carbonyl (C=O) groups is 1. The molecule has 0 aromatic carbocycles. The first kappa shape index (κ1) is 27.0. The average molecular weight is 483 g/mol. The first-order chi connectivity index (χ1) is 16.4. The summed E-state index contributed by atoms with van der Waals surface area (Å²) in [5, 5.41) is 0. The van der Waals surface area contributed by atoms with Crippen LogP contribution in [0.3, 0.4) is 0 Å². The molecule has 2 saturated carbocycles. The summed E-state index contributed by atoms with van der Waals surface area (Å²) in [6, 6.07) is 0. The molecule has 0 unspecified atom stereocenters. The molecule has 4 aliphatic rings. The van der Waals surface area contributed by atoms with Gasteiger partial charge in [0.1, 0.15) is 6.10 Å². The van der Waals surface area contributed by atoms with E-state index in [0.717, 1.165) is 18.3 Å². The van der Waals surface area contributed by atoms with Crippen LogP contribution < -0.4 is 0 Å². The lowest BCUT2D eigenvalue weighted by atomic mass is 9.45. The molecule has 4 aliphatic carbocycles. The van der Waals surface area contributed by atoms with E-state index in [4.69, 9.17) is 4.74 Å². The first-order valence-corrected chi connectivity index (χ1v) is 14.9. The van der Waals surface area contributed by atoms with E-state index in [9.17, 15) is 4.79 Å². The van der Waals surface area contributed by atoms with Crippen molar-refractivity contribution in [2.75, 3.05) is 0 Å². The highest BCUT2D eigenvalue weighted by Gasteiger charge is 2.62. The number of carbonyl (C=O) groups excluding carboxylic acids is 1. The predicted molar refractivity (Wildman–Crippen MR) is 147 cm³/mol. The molecule has 2 nitrogen and oxygen atoms in total. The Hall–Kier alpha value is -1.05. The predicted octanol–water partition coefficient (Wildman–Crippen LogP) is 9.44. The van der Waals surface area contributed by atoms with Gasteiger partial charge >= 0.3 is 5.97 Å². The van der Waals surface area contributed by atoms with E-state index in [-0.39, 0.29) is 12.1 Å². The monoisotopic (exact) mass is 482 g/mol. The lowest BCUT2D eigenvalue weighted by Crippen LogP contribution is -2.52. The van der Waals surface area contributed by atoms with Crippen LogP contribution in [0.5, 0.6) is 0 Å². The van der Waals surface area contributed by atoms with Gasteiger partial charge in [-0.15, -0.1) is 0 Å². The summed E-state index contributed by atoms with van der Waals surface area (Å²) in [5.41, 5.74) is 8.04. The molecule has 198 valence electrons. The average Bonchev–Trinajstić information content (AvgIpc) is 3.07. The molecular formula is C33H54O2. The van der Waals surface area contributed by atoms with E-state index in [1.807, 2.05) is 11.1 Å². The Kier molecular flexibility index (Phi) is 7.47. The quantitative estimate of drug-likeness (QED) is 0.278. The van der Waals surface area contributed by atoms with Crippen LogP contribution in [0.25, 0.3) is 0 Å². The minimum absolute atomic E-state index is 0.108. The highest BCUT2D eigenvalue weighted by Crippen LogP contribution is 2.71. The number of hydrogen-bond acceptors (Lipinski definition) is 2. The Balaban J connectivity index is 1.58. The summed E-state index contributed by atoms with van der Waals surface area (Å²) >= 11 is 0. The van der Waals surface area contributed by atoms with Crippen LogP contribution in [0, 0.1) is 39.9 Å². The number of esters is 1. The third-order valence-corrected chi connectivity index (χ3v) is 12.4. The van der Waals surface area contributed by atoms with Gasteiger partial charge in [-0.3, -0.25) is 4.79 Å². The zero-order chi connectivity index (χ0) is 25.8. The van der Waals surface area contributed by atoms with Gasteiger partial charge in [0.15, 0.2) is 0 Å². The Morgan fingerprint density at radius 3 is 2.34 bits per heavy atom. The molecule has 2 fully saturated rings. The zero-order valence-electron chi connectivity index (χ0n) is 24.5. The summed E-state index contributed by atoms with van der Waals surface area (Å²) < 4.78 is 5.78. The van der Waals surface area contributed by atoms with Crippen molar-refractivity contribution >= 4 is 5.97 Å². The van der Waals surface area contributed by atoms with Gasteiger partial charge in [-0.1, -0.05) is 63.8 Å². The lowest BCUT2D eigenvalue weighted by molar-refractivity contribution is -0.155. The van der Waals surface area contributed by atoms with Gasteiger partial charge in [0, 0.05) is 6.92 Å². The van der Waals surface area contributed by atoms with Gasteiger partial charge in [0.05, 0.1) is 0 Å². The van der Waals surface area contributed by atoms with Gasteiger partial charge in [0.2, 0.25) is 0 Å². The van der Waals surface area contributed by atoms with Gasteiger partial charge in [-0.2, -0.15) is 0 Å². The number of ether oxygens (including phenoxy) is 1. The maximum Gasteiger partial charge on any atom is 0.302 e. The minimum Gasteiger partial charge on any atom is -0.462 e. The number of hydrogen-bond donors (Lipinski definition) is 0. The molecule has 0 aromatic heterocycles. The molecule has 0 radical (unpaired) electrons. The van der Waals surface area contributed by atoms with Crippen LogP contribution >= 0.6 is 0 Å². The fourth-order valence-corrected chi connectivity index (χ4v) is 10.0. The second-order valence-corrected chi connectivity index (χ2v) is 13.9. The van der Waals surface area contributed by atoms with Crippen molar-refractivity contribution in [1.29, 1.82) is 0 Å². The molecule has 0 heterocycles. The third-order valence-electron chi connectivity index (χ3n) is 12.4. The van der Waals surface area contributed by atoms with Crippen molar-refractivity contribution in [1.82, 2.24) is 0 Å². The Bertz CT molecular complexity index is 891. The summed E-state index contributed by atoms with van der Waals surface area (Å²) in [6.07, 6.45) is 14.2. The van der Waals surface area contributed by atoms with Gasteiger partial charge < -0.3 is 4.74 Å². The molecule has 0 amide bonds. The maximum absolute atomic E-state index is 11.7. The van der Waals surface area contributed by atoms with E-state index in [1.54, 1.807) is 12.5 Å². The third kappa shape index (κ3) is 4.27. The van der Waals surface area contributed by atoms with Crippen molar-refractivity contribution in [2.45, 2.75) is 139 Å². The normalized spacial score (nSPS) is 41.5. The molecule has 0 aliphatic heterocycles. The summed E-state index contributed by atoms with van der Waals surface area (Å²) in [7, 11) is 0. The highest BCUT2D eigenvalue weighted by atomic mass is 16.5. The van der Waals surface area contributed by atoms with Gasteiger partial charge in [0.25, 0.3) is 0 Å². The zero-order valence-corrected chi connectivity index (χ0v) is 24.5. The minimum atomic E-state index is -0.108. The molecule has 0 saturated heterocycles. The fourth-order valence-electron chi connectivity index (χ4n) is 10.0. The van der Waals surface area contributed by atoms with E-state index in [1.165, 1.54) is 69.8 Å². The molecular weight excluding hydrogens is 428 g/mol. The molecule has 0 spiro atoms. The summed E-state index contributed by atoms with van der Waals surface area (Å²) in [6.45, 7) is 21.4. The second kappa shape index (κ2) is 9.68. The van der Waals surface area contributed by atoms with Crippen LogP contribution in [0.2, 0.25) is 0 Å². The van der Waals surface area contributed by atoms with E-state index < -0.39 is 0 Å². The summed E-state index contributed by atoms with van der Waals surface area (Å²) in [5.74, 6) is 2.66. The lowest BCUT2D eigenvalue weighted by Gasteiger charge is -2.60. The van der Waals surface area contributed by atoms with E-state index in [0.29, 0.717) is 28.1 Å². The summed E-state index contributed by atoms with van der Waals surface area (Å²) in [4.78, 5) is 11.7. The Labute approximate surface area is 216 Å². The number of fused-ring (bicyclic) bond motifs is 4. The Morgan fingerprint density at radius 2 is 1.71 bits per heavy atom. The maximum atomic E-state index is 11.7. The molecule has 35 heavy (non-hydrogen) atoms. The second-order valence-electron chi connectivity index (χ2n) is 13.9. The van der Waals surface area contributed by atoms with E-state index >= 15 is 0 Å². The molecule has 2 heteroatoms. The fraction of sp³-hybridized carbons (Fsp3) is 0.848. The van der Waals surface area contributed by atoms with E-state index in [2.05, 4.69) is 55.4 Å². The highest BCUT2D eigenvalue weighted by molar-refractivity contribution is 5.66. The SMILES string of the molecule is CCC(CC[C@@H](C)[C@H]1CC[C@@]2(C)C3=C(CC[C@]12C)[C@@]1(C)CC[C@H](OC(C)=O)[C@@H](C)[C@@H]1CC3)=C(C)C. The van der Waals surface area contributed by atoms with Crippen molar-refractivity contribution in [3.63, 3.8) is 0 Å². The largest absolute Gasteiger partial charge is 0.462 e. The van der Waals surface area contributed by atoms with Gasteiger partial charge in [-0.25, -0.2) is 0 Å². The van der Waals surface area contributed by atoms with Crippen LogP contribution in [-0.2, 0) is 9.53 Å².